The molecule has 0 saturated carbocycles. The smallest absolute Gasteiger partial charge is 0.220 e. The summed E-state index contributed by atoms with van der Waals surface area (Å²) in [7, 11) is 1.69. The van der Waals surface area contributed by atoms with Gasteiger partial charge in [0.25, 0.3) is 0 Å². The molecule has 1 aromatic carbocycles. The molecule has 1 atom stereocenters. The molecule has 1 heterocycles. The van der Waals surface area contributed by atoms with Crippen molar-refractivity contribution in [3.05, 3.63) is 35.9 Å². The second-order valence-electron chi connectivity index (χ2n) is 7.19. The van der Waals surface area contributed by atoms with Gasteiger partial charge in [-0.1, -0.05) is 30.3 Å². The predicted molar refractivity (Wildman–Crippen MR) is 98.0 cm³/mol. The van der Waals surface area contributed by atoms with Crippen LogP contribution >= 0.6 is 0 Å². The molecule has 1 amide bonds. The van der Waals surface area contributed by atoms with Crippen molar-refractivity contribution in [3.63, 3.8) is 0 Å². The minimum atomic E-state index is 0.0423. The maximum absolute atomic E-state index is 12.4. The molecule has 1 aliphatic heterocycles. The van der Waals surface area contributed by atoms with Crippen LogP contribution in [0.1, 0.15) is 38.7 Å². The monoisotopic (exact) mass is 332 g/mol. The van der Waals surface area contributed by atoms with Crippen LogP contribution < -0.4 is 5.32 Å². The van der Waals surface area contributed by atoms with Gasteiger partial charge in [0.1, 0.15) is 0 Å². The number of hydrogen-bond acceptors (Lipinski definition) is 3. The second kappa shape index (κ2) is 9.80. The Morgan fingerprint density at radius 3 is 2.50 bits per heavy atom. The van der Waals surface area contributed by atoms with Gasteiger partial charge in [0.05, 0.1) is 12.6 Å². The van der Waals surface area contributed by atoms with Gasteiger partial charge in [-0.15, -0.1) is 0 Å². The summed E-state index contributed by atoms with van der Waals surface area (Å²) in [5, 5.41) is 3.17. The van der Waals surface area contributed by atoms with E-state index in [1.54, 1.807) is 7.11 Å². The Bertz CT molecular complexity index is 482. The summed E-state index contributed by atoms with van der Waals surface area (Å²) in [6.45, 7) is 7.26. The van der Waals surface area contributed by atoms with Gasteiger partial charge in [-0.3, -0.25) is 4.79 Å². The highest BCUT2D eigenvalue weighted by Crippen LogP contribution is 2.21. The summed E-state index contributed by atoms with van der Waals surface area (Å²) in [6.07, 6.45) is 3.70. The van der Waals surface area contributed by atoms with E-state index < -0.39 is 0 Å². The summed E-state index contributed by atoms with van der Waals surface area (Å²) in [6, 6.07) is 10.9. The van der Waals surface area contributed by atoms with Crippen LogP contribution in [0.3, 0.4) is 0 Å². The fraction of sp³-hybridized carbons (Fsp3) is 0.650. The highest BCUT2D eigenvalue weighted by Gasteiger charge is 2.23. The van der Waals surface area contributed by atoms with Crippen LogP contribution in [-0.4, -0.2) is 49.7 Å². The van der Waals surface area contributed by atoms with Gasteiger partial charge in [-0.05, 0) is 57.7 Å². The second-order valence-corrected chi connectivity index (χ2v) is 7.19. The molecule has 1 aromatic rings. The Hall–Kier alpha value is -1.39. The summed E-state index contributed by atoms with van der Waals surface area (Å²) in [5.74, 6) is 0.677. The standard InChI is InChI=1S/C20H32N2O2/c1-16(2)22-11-9-18(10-12-22)14-20(23)21-19(15-24-3)13-17-7-5-4-6-8-17/h4-8,16,18-19H,9-15H2,1-3H3,(H,21,23)/t19-/m0/s1. The van der Waals surface area contributed by atoms with E-state index in [-0.39, 0.29) is 11.9 Å². The molecule has 0 bridgehead atoms. The predicted octanol–water partition coefficient (Wildman–Crippen LogP) is 2.87. The molecular formula is C20H32N2O2. The lowest BCUT2D eigenvalue weighted by atomic mass is 9.92. The molecule has 1 N–H and O–H groups in total. The van der Waals surface area contributed by atoms with Gasteiger partial charge in [0.2, 0.25) is 5.91 Å². The fourth-order valence-corrected chi connectivity index (χ4v) is 3.47. The molecule has 134 valence electrons. The van der Waals surface area contributed by atoms with Crippen molar-refractivity contribution in [1.29, 1.82) is 0 Å². The largest absolute Gasteiger partial charge is 0.383 e. The number of ether oxygens (including phenoxy) is 1. The minimum absolute atomic E-state index is 0.0423. The van der Waals surface area contributed by atoms with Crippen LogP contribution in [0.25, 0.3) is 0 Å². The Balaban J connectivity index is 1.78. The van der Waals surface area contributed by atoms with Crippen molar-refractivity contribution < 1.29 is 9.53 Å². The van der Waals surface area contributed by atoms with Crippen molar-refractivity contribution >= 4 is 5.91 Å². The van der Waals surface area contributed by atoms with Gasteiger partial charge >= 0.3 is 0 Å². The quantitative estimate of drug-likeness (QED) is 0.796. The summed E-state index contributed by atoms with van der Waals surface area (Å²) in [4.78, 5) is 14.9. The van der Waals surface area contributed by atoms with Crippen molar-refractivity contribution in [3.8, 4) is 0 Å². The maximum Gasteiger partial charge on any atom is 0.220 e. The van der Waals surface area contributed by atoms with E-state index in [0.29, 0.717) is 25.0 Å². The fourth-order valence-electron chi connectivity index (χ4n) is 3.47. The van der Waals surface area contributed by atoms with E-state index in [1.165, 1.54) is 5.56 Å². The Labute approximate surface area is 146 Å². The van der Waals surface area contributed by atoms with Gasteiger partial charge in [-0.25, -0.2) is 0 Å². The summed E-state index contributed by atoms with van der Waals surface area (Å²) < 4.78 is 5.29. The van der Waals surface area contributed by atoms with Gasteiger partial charge in [0.15, 0.2) is 0 Å². The van der Waals surface area contributed by atoms with Gasteiger partial charge in [-0.2, -0.15) is 0 Å². The number of carbonyl (C=O) groups excluding carboxylic acids is 1. The van der Waals surface area contributed by atoms with Crippen LogP contribution in [-0.2, 0) is 16.0 Å². The zero-order chi connectivity index (χ0) is 17.4. The first-order valence-corrected chi connectivity index (χ1v) is 9.14. The lowest BCUT2D eigenvalue weighted by molar-refractivity contribution is -0.123. The number of likely N-dealkylation sites (tertiary alicyclic amines) is 1. The molecule has 24 heavy (non-hydrogen) atoms. The number of benzene rings is 1. The minimum Gasteiger partial charge on any atom is -0.383 e. The average molecular weight is 332 g/mol. The number of nitrogens with one attached hydrogen (secondary N) is 1. The maximum atomic E-state index is 12.4. The third-order valence-electron chi connectivity index (χ3n) is 4.91. The summed E-state index contributed by atoms with van der Waals surface area (Å²) in [5.41, 5.74) is 1.23. The molecule has 1 fully saturated rings. The first-order valence-electron chi connectivity index (χ1n) is 9.14. The average Bonchev–Trinajstić information content (AvgIpc) is 2.56. The molecule has 0 aromatic heterocycles. The van der Waals surface area contributed by atoms with Crippen LogP contribution in [0.2, 0.25) is 0 Å². The topological polar surface area (TPSA) is 41.6 Å². The van der Waals surface area contributed by atoms with Crippen molar-refractivity contribution in [2.24, 2.45) is 5.92 Å². The Morgan fingerprint density at radius 1 is 1.25 bits per heavy atom. The van der Waals surface area contributed by atoms with Crippen LogP contribution in [0, 0.1) is 5.92 Å². The SMILES string of the molecule is COC[C@H](Cc1ccccc1)NC(=O)CC1CCN(C(C)C)CC1. The molecule has 1 aliphatic rings. The normalized spacial score (nSPS) is 17.8. The number of amides is 1. The number of methoxy groups -OCH3 is 1. The van der Waals surface area contributed by atoms with E-state index in [9.17, 15) is 4.79 Å². The van der Waals surface area contributed by atoms with Gasteiger partial charge < -0.3 is 15.0 Å². The zero-order valence-electron chi connectivity index (χ0n) is 15.3. The molecule has 0 spiro atoms. The molecular weight excluding hydrogens is 300 g/mol. The number of piperidine rings is 1. The third kappa shape index (κ3) is 6.25. The highest BCUT2D eigenvalue weighted by molar-refractivity contribution is 5.76. The molecule has 0 unspecified atom stereocenters. The van der Waals surface area contributed by atoms with E-state index in [4.69, 9.17) is 4.74 Å². The Morgan fingerprint density at radius 2 is 1.92 bits per heavy atom. The lowest BCUT2D eigenvalue weighted by Gasteiger charge is -2.34. The number of rotatable bonds is 8. The highest BCUT2D eigenvalue weighted by atomic mass is 16.5. The van der Waals surface area contributed by atoms with E-state index in [0.717, 1.165) is 32.4 Å². The first-order chi connectivity index (χ1) is 11.6. The van der Waals surface area contributed by atoms with Crippen molar-refractivity contribution in [2.45, 2.75) is 51.6 Å². The summed E-state index contributed by atoms with van der Waals surface area (Å²) >= 11 is 0. The van der Waals surface area contributed by atoms with Crippen LogP contribution in [0.4, 0.5) is 0 Å². The zero-order valence-corrected chi connectivity index (χ0v) is 15.3. The number of carbonyl (C=O) groups is 1. The van der Waals surface area contributed by atoms with Crippen molar-refractivity contribution in [1.82, 2.24) is 10.2 Å². The van der Waals surface area contributed by atoms with Crippen molar-refractivity contribution in [2.75, 3.05) is 26.8 Å². The lowest BCUT2D eigenvalue weighted by Crippen LogP contribution is -2.42. The van der Waals surface area contributed by atoms with E-state index in [1.807, 2.05) is 18.2 Å². The van der Waals surface area contributed by atoms with Gasteiger partial charge in [0, 0.05) is 19.6 Å². The number of nitrogens with zero attached hydrogens (tertiary/aromatic N) is 1. The van der Waals surface area contributed by atoms with Crippen LogP contribution in [0.5, 0.6) is 0 Å². The molecule has 0 aliphatic carbocycles. The third-order valence-corrected chi connectivity index (χ3v) is 4.91. The van der Waals surface area contributed by atoms with Crippen LogP contribution in [0.15, 0.2) is 30.3 Å². The Kier molecular flexibility index (Phi) is 7.73. The molecule has 1 saturated heterocycles. The molecule has 4 heteroatoms. The van der Waals surface area contributed by atoms with E-state index >= 15 is 0 Å². The number of hydrogen-bond donors (Lipinski definition) is 1. The molecule has 0 radical (unpaired) electrons. The molecule has 2 rings (SSSR count). The first kappa shape index (κ1) is 18.9. The molecule has 4 nitrogen and oxygen atoms in total. The van der Waals surface area contributed by atoms with E-state index in [2.05, 4.69) is 36.2 Å².